The number of carbonyl (C=O) groups excluding carboxylic acids is 1. The minimum Gasteiger partial charge on any atom is -0.490 e. The van der Waals surface area contributed by atoms with Crippen LogP contribution in [0.1, 0.15) is 30.3 Å². The summed E-state index contributed by atoms with van der Waals surface area (Å²) in [6.07, 6.45) is 0.849. The average molecular weight is 344 g/mol. The van der Waals surface area contributed by atoms with E-state index in [0.717, 1.165) is 29.9 Å². The molecule has 1 aliphatic rings. The van der Waals surface area contributed by atoms with Crippen LogP contribution in [0.3, 0.4) is 0 Å². The fourth-order valence-electron chi connectivity index (χ4n) is 2.88. The number of hydrogen-bond acceptors (Lipinski definition) is 4. The lowest BCUT2D eigenvalue weighted by Gasteiger charge is -2.11. The highest BCUT2D eigenvalue weighted by Gasteiger charge is 2.14. The van der Waals surface area contributed by atoms with E-state index in [-0.39, 0.29) is 6.03 Å². The molecule has 0 unspecified atom stereocenters. The normalized spacial score (nSPS) is 13.2. The zero-order valence-corrected chi connectivity index (χ0v) is 14.9. The molecular formula is C18H24N4O3. The molecule has 7 nitrogen and oxygen atoms in total. The summed E-state index contributed by atoms with van der Waals surface area (Å²) in [6.45, 7) is 8.53. The van der Waals surface area contributed by atoms with Crippen molar-refractivity contribution >= 4 is 11.7 Å². The fraction of sp³-hybridized carbons (Fsp3) is 0.444. The van der Waals surface area contributed by atoms with Crippen LogP contribution < -0.4 is 20.1 Å². The van der Waals surface area contributed by atoms with Crippen LogP contribution in [-0.2, 0) is 13.1 Å². The third-order valence-corrected chi connectivity index (χ3v) is 4.26. The molecule has 2 aromatic rings. The van der Waals surface area contributed by atoms with Crippen molar-refractivity contribution in [1.82, 2.24) is 15.1 Å². The quantitative estimate of drug-likeness (QED) is 0.894. The summed E-state index contributed by atoms with van der Waals surface area (Å²) in [6, 6.07) is 5.14. The van der Waals surface area contributed by atoms with E-state index in [2.05, 4.69) is 15.7 Å². The summed E-state index contributed by atoms with van der Waals surface area (Å²) in [5.74, 6) is 1.37. The Kier molecular flexibility index (Phi) is 5.11. The van der Waals surface area contributed by atoms with Gasteiger partial charge in [-0.15, -0.1) is 0 Å². The van der Waals surface area contributed by atoms with Gasteiger partial charge in [-0.2, -0.15) is 5.10 Å². The van der Waals surface area contributed by atoms with E-state index in [4.69, 9.17) is 9.47 Å². The first-order valence-corrected chi connectivity index (χ1v) is 8.56. The van der Waals surface area contributed by atoms with Gasteiger partial charge in [0.1, 0.15) is 0 Å². The fourth-order valence-corrected chi connectivity index (χ4v) is 2.88. The molecule has 0 bridgehead atoms. The summed E-state index contributed by atoms with van der Waals surface area (Å²) >= 11 is 0. The first kappa shape index (κ1) is 17.1. The second-order valence-corrected chi connectivity index (χ2v) is 5.98. The Bertz CT molecular complexity index is 770. The molecule has 0 atom stereocenters. The van der Waals surface area contributed by atoms with E-state index in [1.165, 1.54) is 0 Å². The van der Waals surface area contributed by atoms with Gasteiger partial charge in [0.25, 0.3) is 0 Å². The predicted octanol–water partition coefficient (Wildman–Crippen LogP) is 3.00. The van der Waals surface area contributed by atoms with Crippen molar-refractivity contribution in [1.29, 1.82) is 0 Å². The molecule has 0 fully saturated rings. The number of carbonyl (C=O) groups is 1. The summed E-state index contributed by atoms with van der Waals surface area (Å²) < 4.78 is 13.2. The number of rotatable bonds is 4. The summed E-state index contributed by atoms with van der Waals surface area (Å²) in [7, 11) is 0. The lowest BCUT2D eigenvalue weighted by Crippen LogP contribution is -2.28. The van der Waals surface area contributed by atoms with Gasteiger partial charge in [-0.05, 0) is 32.9 Å². The lowest BCUT2D eigenvalue weighted by atomic mass is 10.2. The number of aromatic nitrogens is 2. The zero-order valence-electron chi connectivity index (χ0n) is 14.9. The summed E-state index contributed by atoms with van der Waals surface area (Å²) in [4.78, 5) is 12.2. The van der Waals surface area contributed by atoms with Gasteiger partial charge in [0.2, 0.25) is 0 Å². The highest BCUT2D eigenvalue weighted by Crippen LogP contribution is 2.32. The summed E-state index contributed by atoms with van der Waals surface area (Å²) in [5, 5.41) is 10.2. The van der Waals surface area contributed by atoms with Gasteiger partial charge in [-0.3, -0.25) is 4.68 Å². The monoisotopic (exact) mass is 344 g/mol. The van der Waals surface area contributed by atoms with E-state index < -0.39 is 0 Å². The second-order valence-electron chi connectivity index (χ2n) is 5.98. The first-order chi connectivity index (χ1) is 12.1. The molecule has 1 aromatic heterocycles. The molecule has 0 spiro atoms. The van der Waals surface area contributed by atoms with Crippen LogP contribution in [0.25, 0.3) is 0 Å². The van der Waals surface area contributed by atoms with Crippen LogP contribution >= 0.6 is 0 Å². The van der Waals surface area contributed by atoms with Gasteiger partial charge in [-0.25, -0.2) is 4.79 Å². The molecule has 0 saturated carbocycles. The number of aryl methyl sites for hydroxylation is 2. The number of nitrogens with one attached hydrogen (secondary N) is 2. The number of anilines is 1. The third kappa shape index (κ3) is 3.87. The van der Waals surface area contributed by atoms with Crippen LogP contribution in [0.5, 0.6) is 11.5 Å². The van der Waals surface area contributed by atoms with Gasteiger partial charge in [0.15, 0.2) is 11.5 Å². The van der Waals surface area contributed by atoms with Gasteiger partial charge < -0.3 is 20.1 Å². The molecule has 25 heavy (non-hydrogen) atoms. The van der Waals surface area contributed by atoms with E-state index >= 15 is 0 Å². The van der Waals surface area contributed by atoms with Crippen molar-refractivity contribution in [3.8, 4) is 11.5 Å². The summed E-state index contributed by atoms with van der Waals surface area (Å²) in [5.41, 5.74) is 3.74. The van der Waals surface area contributed by atoms with Crippen molar-refractivity contribution in [3.63, 3.8) is 0 Å². The van der Waals surface area contributed by atoms with E-state index in [0.29, 0.717) is 36.9 Å². The number of hydrogen-bond donors (Lipinski definition) is 2. The number of ether oxygens (including phenoxy) is 2. The molecular weight excluding hydrogens is 320 g/mol. The molecule has 134 valence electrons. The minimum absolute atomic E-state index is 0.266. The number of benzene rings is 1. The molecule has 0 radical (unpaired) electrons. The molecule has 2 N–H and O–H groups in total. The molecule has 3 rings (SSSR count). The van der Waals surface area contributed by atoms with Crippen LogP contribution in [0.2, 0.25) is 0 Å². The molecule has 1 aromatic carbocycles. The molecule has 7 heteroatoms. The van der Waals surface area contributed by atoms with Gasteiger partial charge in [0.05, 0.1) is 18.9 Å². The Labute approximate surface area is 147 Å². The smallest absolute Gasteiger partial charge is 0.319 e. The van der Waals surface area contributed by atoms with Gasteiger partial charge >= 0.3 is 6.03 Å². The standard InChI is InChI=1S/C18H24N4O3/c1-4-22-13(3)15(12(2)21-22)11-19-18(23)20-14-6-7-16-17(10-14)25-9-5-8-24-16/h6-7,10H,4-5,8-9,11H2,1-3H3,(H2,19,20,23). The Morgan fingerprint density at radius 3 is 2.72 bits per heavy atom. The highest BCUT2D eigenvalue weighted by atomic mass is 16.5. The highest BCUT2D eigenvalue weighted by molar-refractivity contribution is 5.89. The number of fused-ring (bicyclic) bond motifs is 1. The SMILES string of the molecule is CCn1nc(C)c(CNC(=O)Nc2ccc3c(c2)OCCCO3)c1C. The zero-order chi connectivity index (χ0) is 17.8. The van der Waals surface area contributed by atoms with Crippen molar-refractivity contribution in [2.45, 2.75) is 40.3 Å². The third-order valence-electron chi connectivity index (χ3n) is 4.26. The largest absolute Gasteiger partial charge is 0.490 e. The molecule has 2 heterocycles. The van der Waals surface area contributed by atoms with Gasteiger partial charge in [0, 0.05) is 42.5 Å². The molecule has 2 amide bonds. The van der Waals surface area contributed by atoms with E-state index in [1.807, 2.05) is 31.5 Å². The minimum atomic E-state index is -0.266. The molecule has 1 aliphatic heterocycles. The van der Waals surface area contributed by atoms with Crippen LogP contribution in [0.4, 0.5) is 10.5 Å². The topological polar surface area (TPSA) is 77.4 Å². The predicted molar refractivity (Wildman–Crippen MR) is 95.3 cm³/mol. The Morgan fingerprint density at radius 1 is 1.24 bits per heavy atom. The van der Waals surface area contributed by atoms with Crippen LogP contribution in [0, 0.1) is 13.8 Å². The van der Waals surface area contributed by atoms with Gasteiger partial charge in [-0.1, -0.05) is 0 Å². The van der Waals surface area contributed by atoms with Crippen molar-refractivity contribution < 1.29 is 14.3 Å². The van der Waals surface area contributed by atoms with Crippen LogP contribution in [0.15, 0.2) is 18.2 Å². The maximum absolute atomic E-state index is 12.2. The van der Waals surface area contributed by atoms with Crippen molar-refractivity contribution in [2.24, 2.45) is 0 Å². The second kappa shape index (κ2) is 7.46. The Hall–Kier alpha value is -2.70. The van der Waals surface area contributed by atoms with Crippen molar-refractivity contribution in [3.05, 3.63) is 35.2 Å². The Balaban J connectivity index is 1.61. The van der Waals surface area contributed by atoms with E-state index in [1.54, 1.807) is 12.1 Å². The number of urea groups is 1. The van der Waals surface area contributed by atoms with Crippen LogP contribution in [-0.4, -0.2) is 29.0 Å². The Morgan fingerprint density at radius 2 is 2.00 bits per heavy atom. The number of amides is 2. The maximum Gasteiger partial charge on any atom is 0.319 e. The number of nitrogens with zero attached hydrogens (tertiary/aromatic N) is 2. The molecule has 0 aliphatic carbocycles. The average Bonchev–Trinajstić information content (AvgIpc) is 2.76. The maximum atomic E-state index is 12.2. The van der Waals surface area contributed by atoms with E-state index in [9.17, 15) is 4.79 Å². The first-order valence-electron chi connectivity index (χ1n) is 8.56. The lowest BCUT2D eigenvalue weighted by molar-refractivity contribution is 0.251. The molecule has 0 saturated heterocycles. The van der Waals surface area contributed by atoms with Crippen molar-refractivity contribution in [2.75, 3.05) is 18.5 Å².